The molecule has 0 aromatic carbocycles. The van der Waals surface area contributed by atoms with Gasteiger partial charge in [0.05, 0.1) is 0 Å². The summed E-state index contributed by atoms with van der Waals surface area (Å²) in [6.07, 6.45) is 6.79. The molecule has 2 heteroatoms. The normalized spacial score (nSPS) is 19.8. The molecular weight excluding hydrogens is 210 g/mol. The molecular formula is C15H29NO. The first-order valence-electron chi connectivity index (χ1n) is 7.13. The zero-order valence-electron chi connectivity index (χ0n) is 11.8. The van der Waals surface area contributed by atoms with E-state index in [4.69, 9.17) is 4.74 Å². The van der Waals surface area contributed by atoms with Gasteiger partial charge in [-0.05, 0) is 31.6 Å². The largest absolute Gasteiger partial charge is 0.381 e. The predicted octanol–water partition coefficient (Wildman–Crippen LogP) is 3.48. The molecule has 0 aromatic heterocycles. The monoisotopic (exact) mass is 239 g/mol. The van der Waals surface area contributed by atoms with Gasteiger partial charge in [-0.15, -0.1) is 6.58 Å². The number of rotatable bonds is 7. The molecule has 0 amide bonds. The molecule has 17 heavy (non-hydrogen) atoms. The van der Waals surface area contributed by atoms with E-state index in [2.05, 4.69) is 38.3 Å². The summed E-state index contributed by atoms with van der Waals surface area (Å²) in [5.74, 6) is 0.733. The third-order valence-corrected chi connectivity index (χ3v) is 3.61. The van der Waals surface area contributed by atoms with E-state index in [0.717, 1.165) is 31.6 Å². The van der Waals surface area contributed by atoms with Gasteiger partial charge in [-0.2, -0.15) is 0 Å². The van der Waals surface area contributed by atoms with Gasteiger partial charge in [-0.25, -0.2) is 0 Å². The second-order valence-corrected chi connectivity index (χ2v) is 5.52. The molecule has 0 bridgehead atoms. The van der Waals surface area contributed by atoms with Crippen LogP contribution in [0.15, 0.2) is 12.7 Å². The average Bonchev–Trinajstić information content (AvgIpc) is 2.34. The first-order chi connectivity index (χ1) is 8.19. The van der Waals surface area contributed by atoms with E-state index in [-0.39, 0.29) is 0 Å². The van der Waals surface area contributed by atoms with Crippen molar-refractivity contribution >= 4 is 0 Å². The summed E-state index contributed by atoms with van der Waals surface area (Å²) >= 11 is 0. The van der Waals surface area contributed by atoms with Crippen LogP contribution in [0, 0.1) is 5.92 Å². The van der Waals surface area contributed by atoms with Crippen LogP contribution in [0.25, 0.3) is 0 Å². The fourth-order valence-corrected chi connectivity index (χ4v) is 2.76. The van der Waals surface area contributed by atoms with Crippen molar-refractivity contribution in [1.82, 2.24) is 4.90 Å². The van der Waals surface area contributed by atoms with Crippen LogP contribution < -0.4 is 0 Å². The Bertz CT molecular complexity index is 209. The second-order valence-electron chi connectivity index (χ2n) is 5.52. The minimum absolute atomic E-state index is 0.665. The number of ether oxygens (including phenoxy) is 1. The Balaban J connectivity index is 2.65. The molecule has 1 aliphatic heterocycles. The first-order valence-corrected chi connectivity index (χ1v) is 7.13. The van der Waals surface area contributed by atoms with Crippen molar-refractivity contribution in [2.75, 3.05) is 19.8 Å². The third kappa shape index (κ3) is 4.81. The van der Waals surface area contributed by atoms with Crippen molar-refractivity contribution in [3.63, 3.8) is 0 Å². The molecule has 1 saturated heterocycles. The number of nitrogens with zero attached hydrogens (tertiary/aromatic N) is 1. The molecule has 1 fully saturated rings. The maximum Gasteiger partial charge on any atom is 0.0480 e. The van der Waals surface area contributed by atoms with E-state index in [0.29, 0.717) is 6.04 Å². The zero-order valence-corrected chi connectivity index (χ0v) is 11.8. The van der Waals surface area contributed by atoms with Crippen LogP contribution >= 0.6 is 0 Å². The lowest BCUT2D eigenvalue weighted by Gasteiger charge is -2.40. The van der Waals surface area contributed by atoms with E-state index in [1.165, 1.54) is 25.8 Å². The molecule has 1 rings (SSSR count). The van der Waals surface area contributed by atoms with Crippen molar-refractivity contribution in [3.8, 4) is 0 Å². The maximum atomic E-state index is 5.48. The van der Waals surface area contributed by atoms with Crippen LogP contribution in [-0.4, -0.2) is 36.7 Å². The molecule has 2 nitrogen and oxygen atoms in total. The van der Waals surface area contributed by atoms with Crippen molar-refractivity contribution in [1.29, 1.82) is 0 Å². The van der Waals surface area contributed by atoms with Gasteiger partial charge >= 0.3 is 0 Å². The van der Waals surface area contributed by atoms with Crippen LogP contribution in [0.5, 0.6) is 0 Å². The third-order valence-electron chi connectivity index (χ3n) is 3.61. The average molecular weight is 239 g/mol. The molecule has 0 unspecified atom stereocenters. The molecule has 0 N–H and O–H groups in total. The summed E-state index contributed by atoms with van der Waals surface area (Å²) in [6.45, 7) is 13.9. The van der Waals surface area contributed by atoms with Gasteiger partial charge in [0.1, 0.15) is 0 Å². The molecule has 0 saturated carbocycles. The first kappa shape index (κ1) is 14.7. The lowest BCUT2D eigenvalue weighted by atomic mass is 9.99. The Morgan fingerprint density at radius 1 is 1.35 bits per heavy atom. The second kappa shape index (κ2) is 7.88. The summed E-state index contributed by atoms with van der Waals surface area (Å²) in [6, 6.07) is 1.38. The van der Waals surface area contributed by atoms with E-state index in [9.17, 15) is 0 Å². The van der Waals surface area contributed by atoms with Crippen molar-refractivity contribution in [2.45, 2.75) is 58.5 Å². The van der Waals surface area contributed by atoms with Gasteiger partial charge in [0.2, 0.25) is 0 Å². The van der Waals surface area contributed by atoms with Crippen LogP contribution in [0.1, 0.15) is 46.5 Å². The molecule has 100 valence electrons. The van der Waals surface area contributed by atoms with Gasteiger partial charge < -0.3 is 4.74 Å². The van der Waals surface area contributed by atoms with E-state index in [1.807, 2.05) is 0 Å². The van der Waals surface area contributed by atoms with Gasteiger partial charge in [-0.1, -0.05) is 26.8 Å². The summed E-state index contributed by atoms with van der Waals surface area (Å²) in [7, 11) is 0. The molecule has 1 heterocycles. The standard InChI is InChI=1S/C15H29NO/c1-5-7-14(6-2)16(12-13(3)4)15-8-10-17-11-9-15/h5,13-15H,1,6-12H2,2-4H3/t14-/m0/s1. The molecule has 0 spiro atoms. The van der Waals surface area contributed by atoms with E-state index >= 15 is 0 Å². The van der Waals surface area contributed by atoms with Crippen molar-refractivity contribution < 1.29 is 4.74 Å². The van der Waals surface area contributed by atoms with Crippen LogP contribution in [-0.2, 0) is 4.74 Å². The van der Waals surface area contributed by atoms with Gasteiger partial charge in [0.15, 0.2) is 0 Å². The van der Waals surface area contributed by atoms with Crippen molar-refractivity contribution in [3.05, 3.63) is 12.7 Å². The fourth-order valence-electron chi connectivity index (χ4n) is 2.76. The maximum absolute atomic E-state index is 5.48. The number of hydrogen-bond acceptors (Lipinski definition) is 2. The predicted molar refractivity (Wildman–Crippen MR) is 74.3 cm³/mol. The Hall–Kier alpha value is -0.340. The topological polar surface area (TPSA) is 12.5 Å². The highest BCUT2D eigenvalue weighted by Crippen LogP contribution is 2.22. The highest BCUT2D eigenvalue weighted by molar-refractivity contribution is 4.85. The van der Waals surface area contributed by atoms with E-state index < -0.39 is 0 Å². The fraction of sp³-hybridized carbons (Fsp3) is 0.867. The highest BCUT2D eigenvalue weighted by Gasteiger charge is 2.26. The Morgan fingerprint density at radius 2 is 2.00 bits per heavy atom. The quantitative estimate of drug-likeness (QED) is 0.631. The van der Waals surface area contributed by atoms with Gasteiger partial charge in [-0.3, -0.25) is 4.90 Å². The zero-order chi connectivity index (χ0) is 12.7. The van der Waals surface area contributed by atoms with Crippen LogP contribution in [0.4, 0.5) is 0 Å². The minimum Gasteiger partial charge on any atom is -0.381 e. The lowest BCUT2D eigenvalue weighted by molar-refractivity contribution is 0.0110. The summed E-state index contributed by atoms with van der Waals surface area (Å²) < 4.78 is 5.48. The van der Waals surface area contributed by atoms with Gasteiger partial charge in [0.25, 0.3) is 0 Å². The number of hydrogen-bond donors (Lipinski definition) is 0. The Labute approximate surface area is 107 Å². The summed E-state index contributed by atoms with van der Waals surface area (Å²) in [5.41, 5.74) is 0. The molecule has 0 radical (unpaired) electrons. The smallest absolute Gasteiger partial charge is 0.0480 e. The molecule has 1 aliphatic rings. The van der Waals surface area contributed by atoms with Crippen molar-refractivity contribution in [2.24, 2.45) is 5.92 Å². The van der Waals surface area contributed by atoms with Gasteiger partial charge in [0, 0.05) is 31.8 Å². The summed E-state index contributed by atoms with van der Waals surface area (Å²) in [5, 5.41) is 0. The van der Waals surface area contributed by atoms with E-state index in [1.54, 1.807) is 0 Å². The summed E-state index contributed by atoms with van der Waals surface area (Å²) in [4.78, 5) is 2.72. The Kier molecular flexibility index (Phi) is 6.83. The molecule has 0 aliphatic carbocycles. The minimum atomic E-state index is 0.665. The lowest BCUT2D eigenvalue weighted by Crippen LogP contribution is -2.47. The SMILES string of the molecule is C=CC[C@H](CC)N(CC(C)C)C1CCOCC1. The van der Waals surface area contributed by atoms with Crippen LogP contribution in [0.2, 0.25) is 0 Å². The highest BCUT2D eigenvalue weighted by atomic mass is 16.5. The molecule has 1 atom stereocenters. The molecule has 0 aromatic rings. The Morgan fingerprint density at radius 3 is 2.47 bits per heavy atom. The van der Waals surface area contributed by atoms with Crippen LogP contribution in [0.3, 0.4) is 0 Å².